The summed E-state index contributed by atoms with van der Waals surface area (Å²) < 4.78 is 0. The molecule has 0 spiro atoms. The molecule has 1 aliphatic heterocycles. The van der Waals surface area contributed by atoms with Crippen LogP contribution in [0, 0.1) is 0 Å². The van der Waals surface area contributed by atoms with Gasteiger partial charge in [-0.05, 0) is 24.8 Å². The molecule has 3 heterocycles. The summed E-state index contributed by atoms with van der Waals surface area (Å²) in [5, 5.41) is 1.05. The number of anilines is 2. The van der Waals surface area contributed by atoms with Crippen LogP contribution >= 0.6 is 11.3 Å². The van der Waals surface area contributed by atoms with Crippen molar-refractivity contribution in [3.8, 4) is 0 Å². The second-order valence-corrected chi connectivity index (χ2v) is 7.26. The predicted octanol–water partition coefficient (Wildman–Crippen LogP) is 2.46. The Bertz CT molecular complexity index is 721. The summed E-state index contributed by atoms with van der Waals surface area (Å²) in [5.41, 5.74) is 7.62. The number of aryl methyl sites for hydroxylation is 2. The molecule has 0 aliphatic carbocycles. The first-order valence-electron chi connectivity index (χ1n) is 8.70. The van der Waals surface area contributed by atoms with Crippen molar-refractivity contribution in [1.29, 1.82) is 0 Å². The van der Waals surface area contributed by atoms with E-state index in [1.54, 1.807) is 16.2 Å². The lowest BCUT2D eigenvalue weighted by molar-refractivity contribution is -0.118. The van der Waals surface area contributed by atoms with Gasteiger partial charge in [-0.2, -0.15) is 4.98 Å². The number of nitrogens with zero attached hydrogens (tertiary/aromatic N) is 4. The van der Waals surface area contributed by atoms with Crippen molar-refractivity contribution < 1.29 is 4.79 Å². The van der Waals surface area contributed by atoms with Gasteiger partial charge in [0.15, 0.2) is 0 Å². The molecule has 1 fully saturated rings. The third-order valence-electron chi connectivity index (χ3n) is 4.61. The van der Waals surface area contributed by atoms with Crippen LogP contribution in [-0.4, -0.2) is 47.5 Å². The normalized spacial score (nSPS) is 15.2. The minimum Gasteiger partial charge on any atom is -0.383 e. The zero-order chi connectivity index (χ0) is 17.1. The van der Waals surface area contributed by atoms with E-state index < -0.39 is 0 Å². The number of nitrogens with two attached hydrogens (primary N) is 1. The lowest BCUT2D eigenvalue weighted by Gasteiger charge is -2.32. The highest BCUT2D eigenvalue weighted by molar-refractivity contribution is 7.19. The molecule has 0 saturated carbocycles. The smallest absolute Gasteiger partial charge is 0.228 e. The fourth-order valence-electron chi connectivity index (χ4n) is 3.20. The number of piperazine rings is 1. The Morgan fingerprint density at radius 1 is 1.21 bits per heavy atom. The predicted molar refractivity (Wildman–Crippen MR) is 99.7 cm³/mol. The van der Waals surface area contributed by atoms with Crippen LogP contribution in [0.4, 0.5) is 11.8 Å². The van der Waals surface area contributed by atoms with E-state index in [4.69, 9.17) is 10.7 Å². The highest BCUT2D eigenvalue weighted by atomic mass is 32.1. The summed E-state index contributed by atoms with van der Waals surface area (Å²) in [6.45, 7) is 7.29. The summed E-state index contributed by atoms with van der Waals surface area (Å²) in [6.07, 6.45) is 5.33. The van der Waals surface area contributed by atoms with Crippen molar-refractivity contribution in [1.82, 2.24) is 14.9 Å². The molecule has 0 unspecified atom stereocenters. The second kappa shape index (κ2) is 7.34. The van der Waals surface area contributed by atoms with Crippen LogP contribution in [-0.2, 0) is 17.6 Å². The van der Waals surface area contributed by atoms with Crippen LogP contribution in [0.3, 0.4) is 0 Å². The first-order valence-corrected chi connectivity index (χ1v) is 9.51. The number of fused-ring (bicyclic) bond motifs is 1. The van der Waals surface area contributed by atoms with Gasteiger partial charge in [-0.25, -0.2) is 4.98 Å². The average Bonchev–Trinajstić information content (AvgIpc) is 2.98. The summed E-state index contributed by atoms with van der Waals surface area (Å²) in [6, 6.07) is 0. The molecule has 1 aliphatic rings. The van der Waals surface area contributed by atoms with E-state index in [0.29, 0.717) is 24.9 Å². The topological polar surface area (TPSA) is 75.4 Å². The monoisotopic (exact) mass is 347 g/mol. The van der Waals surface area contributed by atoms with Crippen LogP contribution in [0.1, 0.15) is 37.1 Å². The maximum Gasteiger partial charge on any atom is 0.228 e. The molecule has 1 amide bonds. The molecule has 0 radical (unpaired) electrons. The molecule has 2 aromatic rings. The van der Waals surface area contributed by atoms with E-state index in [1.165, 1.54) is 23.3 Å². The molecule has 130 valence electrons. The van der Waals surface area contributed by atoms with Gasteiger partial charge in [0, 0.05) is 31.1 Å². The SMILES string of the molecule is CCCCc1sc2nc(N3CCN(C=O)CC3)nc(N)c2c1CC. The molecule has 24 heavy (non-hydrogen) atoms. The molecule has 0 atom stereocenters. The fourth-order valence-corrected chi connectivity index (χ4v) is 4.51. The lowest BCUT2D eigenvalue weighted by atomic mass is 10.1. The summed E-state index contributed by atoms with van der Waals surface area (Å²) in [5.74, 6) is 1.28. The highest BCUT2D eigenvalue weighted by Crippen LogP contribution is 2.35. The Labute approximate surface area is 146 Å². The Balaban J connectivity index is 1.93. The van der Waals surface area contributed by atoms with Gasteiger partial charge >= 0.3 is 0 Å². The largest absolute Gasteiger partial charge is 0.383 e. The standard InChI is InChI=1S/C17H25N5OS/c1-3-5-6-13-12(4-2)14-15(18)19-17(20-16(14)24-13)22-9-7-21(11-23)8-10-22/h11H,3-10H2,1-2H3,(H2,18,19,20). The lowest BCUT2D eigenvalue weighted by Crippen LogP contribution is -2.46. The molecule has 2 N–H and O–H groups in total. The number of rotatable bonds is 6. The van der Waals surface area contributed by atoms with Gasteiger partial charge in [-0.15, -0.1) is 11.3 Å². The molecule has 7 heteroatoms. The van der Waals surface area contributed by atoms with Gasteiger partial charge in [0.05, 0.1) is 5.39 Å². The summed E-state index contributed by atoms with van der Waals surface area (Å²) >= 11 is 1.76. The van der Waals surface area contributed by atoms with Crippen molar-refractivity contribution in [3.63, 3.8) is 0 Å². The quantitative estimate of drug-likeness (QED) is 0.813. The minimum absolute atomic E-state index is 0.587. The van der Waals surface area contributed by atoms with E-state index in [1.807, 2.05) is 0 Å². The number of unbranched alkanes of at least 4 members (excludes halogenated alkanes) is 1. The highest BCUT2D eigenvalue weighted by Gasteiger charge is 2.21. The van der Waals surface area contributed by atoms with E-state index in [-0.39, 0.29) is 0 Å². The number of thiophene rings is 1. The van der Waals surface area contributed by atoms with E-state index >= 15 is 0 Å². The number of carbonyl (C=O) groups is 1. The number of amides is 1. The van der Waals surface area contributed by atoms with Gasteiger partial charge in [-0.1, -0.05) is 20.3 Å². The van der Waals surface area contributed by atoms with Crippen molar-refractivity contribution in [3.05, 3.63) is 10.4 Å². The Morgan fingerprint density at radius 2 is 1.96 bits per heavy atom. The van der Waals surface area contributed by atoms with Crippen LogP contribution in [0.5, 0.6) is 0 Å². The molecule has 2 aromatic heterocycles. The zero-order valence-electron chi connectivity index (χ0n) is 14.4. The molecule has 1 saturated heterocycles. The van der Waals surface area contributed by atoms with Crippen molar-refractivity contribution in [2.75, 3.05) is 36.8 Å². The van der Waals surface area contributed by atoms with Crippen LogP contribution in [0.2, 0.25) is 0 Å². The number of aromatic nitrogens is 2. The molecule has 6 nitrogen and oxygen atoms in total. The fraction of sp³-hybridized carbons (Fsp3) is 0.588. The number of nitrogen functional groups attached to an aromatic ring is 1. The number of hydrogen-bond acceptors (Lipinski definition) is 6. The van der Waals surface area contributed by atoms with Crippen LogP contribution in [0.25, 0.3) is 10.2 Å². The second-order valence-electron chi connectivity index (χ2n) is 6.18. The van der Waals surface area contributed by atoms with Gasteiger partial charge in [0.25, 0.3) is 0 Å². The van der Waals surface area contributed by atoms with Crippen molar-refractivity contribution >= 4 is 39.7 Å². The Hall–Kier alpha value is -1.89. The molecular weight excluding hydrogens is 322 g/mol. The number of hydrogen-bond donors (Lipinski definition) is 1. The molecular formula is C17H25N5OS. The van der Waals surface area contributed by atoms with E-state index in [0.717, 1.165) is 42.6 Å². The maximum absolute atomic E-state index is 10.8. The third kappa shape index (κ3) is 3.17. The maximum atomic E-state index is 10.8. The van der Waals surface area contributed by atoms with Crippen molar-refractivity contribution in [2.24, 2.45) is 0 Å². The van der Waals surface area contributed by atoms with Crippen LogP contribution < -0.4 is 10.6 Å². The summed E-state index contributed by atoms with van der Waals surface area (Å²) in [7, 11) is 0. The van der Waals surface area contributed by atoms with E-state index in [9.17, 15) is 4.79 Å². The number of carbonyl (C=O) groups excluding carboxylic acids is 1. The first-order chi connectivity index (χ1) is 11.7. The summed E-state index contributed by atoms with van der Waals surface area (Å²) in [4.78, 5) is 26.5. The molecule has 0 bridgehead atoms. The van der Waals surface area contributed by atoms with Crippen LogP contribution in [0.15, 0.2) is 0 Å². The molecule has 0 aromatic carbocycles. The van der Waals surface area contributed by atoms with Gasteiger partial charge in [0.2, 0.25) is 12.4 Å². The van der Waals surface area contributed by atoms with E-state index in [2.05, 4.69) is 23.7 Å². The Kier molecular flexibility index (Phi) is 5.18. The van der Waals surface area contributed by atoms with Gasteiger partial charge in [0.1, 0.15) is 10.6 Å². The molecule has 3 rings (SSSR count). The minimum atomic E-state index is 0.587. The zero-order valence-corrected chi connectivity index (χ0v) is 15.2. The Morgan fingerprint density at radius 3 is 2.58 bits per heavy atom. The third-order valence-corrected chi connectivity index (χ3v) is 5.79. The van der Waals surface area contributed by atoms with Gasteiger partial charge < -0.3 is 15.5 Å². The first kappa shape index (κ1) is 17.0. The van der Waals surface area contributed by atoms with Gasteiger partial charge in [-0.3, -0.25) is 4.79 Å². The average molecular weight is 347 g/mol. The van der Waals surface area contributed by atoms with Crippen molar-refractivity contribution in [2.45, 2.75) is 39.5 Å².